The summed E-state index contributed by atoms with van der Waals surface area (Å²) < 4.78 is 5.17. The van der Waals surface area contributed by atoms with Crippen molar-refractivity contribution in [3.8, 4) is 40.0 Å². The quantitative estimate of drug-likeness (QED) is 0.277. The van der Waals surface area contributed by atoms with Crippen molar-refractivity contribution >= 4 is 17.6 Å². The highest BCUT2D eigenvalue weighted by atomic mass is 16.5. The number of methoxy groups -OCH3 is 1. The minimum atomic E-state index is -0.467. The van der Waals surface area contributed by atoms with Gasteiger partial charge in [-0.1, -0.05) is 24.3 Å². The van der Waals surface area contributed by atoms with E-state index in [9.17, 15) is 20.0 Å². The molecule has 4 N–H and O–H groups in total. The number of para-hydroxylation sites is 1. The maximum atomic E-state index is 13.1. The number of ether oxygens (including phenoxy) is 1. The Balaban J connectivity index is 1.58. The highest BCUT2D eigenvalue weighted by molar-refractivity contribution is 6.05. The van der Waals surface area contributed by atoms with Gasteiger partial charge in [-0.2, -0.15) is 5.26 Å². The van der Waals surface area contributed by atoms with Crippen LogP contribution in [0.15, 0.2) is 78.9 Å². The molecule has 9 nitrogen and oxygen atoms in total. The second-order valence-electron chi connectivity index (χ2n) is 9.33. The number of benzene rings is 3. The Morgan fingerprint density at radius 1 is 1.00 bits per heavy atom. The number of anilines is 1. The predicted octanol–water partition coefficient (Wildman–Crippen LogP) is 4.35. The highest BCUT2D eigenvalue weighted by Crippen LogP contribution is 2.36. The van der Waals surface area contributed by atoms with Gasteiger partial charge in [-0.15, -0.1) is 0 Å². The number of nitrogens with one attached hydrogen (secondary N) is 3. The Bertz CT molecular complexity index is 1610. The number of aromatic hydroxyl groups is 1. The molecule has 0 radical (unpaired) electrons. The van der Waals surface area contributed by atoms with E-state index in [0.717, 1.165) is 19.5 Å². The standard InChI is InChI=1S/C31H27N5O4/c1-40-23-11-9-19(10-12-23)30(38)36-29-26(17-32)25(16-27(35-29)24-7-2-3-8-28(24)37)20-5-4-6-21(15-20)31(39)34-22-13-14-33-18-22/h2-12,15-16,22,33,37H,13-14,18H2,1H3,(H,34,39)(H,35,36,38). The third-order valence-electron chi connectivity index (χ3n) is 6.73. The molecule has 2 amide bonds. The number of hydrogen-bond acceptors (Lipinski definition) is 7. The largest absolute Gasteiger partial charge is 0.507 e. The van der Waals surface area contributed by atoms with Crippen molar-refractivity contribution in [2.45, 2.75) is 12.5 Å². The molecule has 1 atom stereocenters. The van der Waals surface area contributed by atoms with E-state index >= 15 is 0 Å². The van der Waals surface area contributed by atoms with E-state index < -0.39 is 5.91 Å². The molecule has 4 aromatic rings. The summed E-state index contributed by atoms with van der Waals surface area (Å²) in [6.07, 6.45) is 0.857. The van der Waals surface area contributed by atoms with Gasteiger partial charge in [0.1, 0.15) is 23.1 Å². The molecule has 0 bridgehead atoms. The number of nitriles is 1. The fourth-order valence-electron chi connectivity index (χ4n) is 4.60. The van der Waals surface area contributed by atoms with Gasteiger partial charge in [0.25, 0.3) is 11.8 Å². The summed E-state index contributed by atoms with van der Waals surface area (Å²) in [4.78, 5) is 30.7. The molecular weight excluding hydrogens is 506 g/mol. The number of aromatic nitrogens is 1. The van der Waals surface area contributed by atoms with E-state index in [-0.39, 0.29) is 29.1 Å². The molecule has 1 fully saturated rings. The molecule has 9 heteroatoms. The topological polar surface area (TPSA) is 136 Å². The smallest absolute Gasteiger partial charge is 0.256 e. The lowest BCUT2D eigenvalue weighted by atomic mass is 9.96. The summed E-state index contributed by atoms with van der Waals surface area (Å²) in [6, 6.07) is 24.1. The first kappa shape index (κ1) is 26.4. The number of hydrogen-bond donors (Lipinski definition) is 4. The van der Waals surface area contributed by atoms with Crippen LogP contribution >= 0.6 is 0 Å². The van der Waals surface area contributed by atoms with Crippen LogP contribution in [-0.4, -0.2) is 48.1 Å². The molecule has 1 aliphatic heterocycles. The number of amides is 2. The average molecular weight is 534 g/mol. The van der Waals surface area contributed by atoms with Gasteiger partial charge in [0, 0.05) is 34.8 Å². The number of phenols is 1. The Morgan fingerprint density at radius 3 is 2.50 bits per heavy atom. The number of nitrogens with zero attached hydrogens (tertiary/aromatic N) is 2. The number of rotatable bonds is 7. The van der Waals surface area contributed by atoms with Crippen LogP contribution in [-0.2, 0) is 0 Å². The lowest BCUT2D eigenvalue weighted by molar-refractivity contribution is 0.0939. The molecule has 5 rings (SSSR count). The highest BCUT2D eigenvalue weighted by Gasteiger charge is 2.21. The summed E-state index contributed by atoms with van der Waals surface area (Å²) in [5, 5.41) is 29.8. The first-order valence-electron chi connectivity index (χ1n) is 12.8. The molecule has 0 spiro atoms. The molecule has 1 saturated heterocycles. The van der Waals surface area contributed by atoms with Crippen LogP contribution in [0, 0.1) is 11.3 Å². The van der Waals surface area contributed by atoms with E-state index in [4.69, 9.17) is 4.74 Å². The van der Waals surface area contributed by atoms with E-state index in [1.807, 2.05) is 0 Å². The molecule has 40 heavy (non-hydrogen) atoms. The number of pyridine rings is 1. The van der Waals surface area contributed by atoms with Gasteiger partial charge in [-0.3, -0.25) is 9.59 Å². The van der Waals surface area contributed by atoms with Crippen molar-refractivity contribution in [1.82, 2.24) is 15.6 Å². The summed E-state index contributed by atoms with van der Waals surface area (Å²) in [5.74, 6) is -0.0471. The van der Waals surface area contributed by atoms with E-state index in [1.54, 1.807) is 72.8 Å². The summed E-state index contributed by atoms with van der Waals surface area (Å²) in [5.41, 5.74) is 2.74. The van der Waals surface area contributed by atoms with Crippen molar-refractivity contribution in [3.63, 3.8) is 0 Å². The number of phenolic OH excluding ortho intramolecular Hbond substituents is 1. The predicted molar refractivity (Wildman–Crippen MR) is 151 cm³/mol. The van der Waals surface area contributed by atoms with Gasteiger partial charge in [0.2, 0.25) is 0 Å². The zero-order valence-corrected chi connectivity index (χ0v) is 21.8. The average Bonchev–Trinajstić information content (AvgIpc) is 3.50. The lowest BCUT2D eigenvalue weighted by Crippen LogP contribution is -2.36. The van der Waals surface area contributed by atoms with Crippen LogP contribution in [0.1, 0.15) is 32.7 Å². The normalized spacial score (nSPS) is 14.2. The zero-order chi connectivity index (χ0) is 28.1. The van der Waals surface area contributed by atoms with Crippen molar-refractivity contribution in [2.75, 3.05) is 25.5 Å². The third kappa shape index (κ3) is 5.62. The Morgan fingerprint density at radius 2 is 1.80 bits per heavy atom. The number of carbonyl (C=O) groups is 2. The van der Waals surface area contributed by atoms with E-state index in [0.29, 0.717) is 39.3 Å². The van der Waals surface area contributed by atoms with Gasteiger partial charge in [0.15, 0.2) is 5.82 Å². The first-order chi connectivity index (χ1) is 19.5. The van der Waals surface area contributed by atoms with E-state index in [2.05, 4.69) is 27.0 Å². The maximum absolute atomic E-state index is 13.1. The molecule has 3 aromatic carbocycles. The van der Waals surface area contributed by atoms with Crippen LogP contribution < -0.4 is 20.7 Å². The SMILES string of the molecule is COc1ccc(C(=O)Nc2nc(-c3ccccc3O)cc(-c3cccc(C(=O)NC4CCNC4)c3)c2C#N)cc1. The van der Waals surface area contributed by atoms with Crippen LogP contribution in [0.5, 0.6) is 11.5 Å². The fraction of sp³-hybridized carbons (Fsp3) is 0.161. The van der Waals surface area contributed by atoms with Crippen molar-refractivity contribution in [2.24, 2.45) is 0 Å². The molecule has 200 valence electrons. The lowest BCUT2D eigenvalue weighted by Gasteiger charge is -2.15. The van der Waals surface area contributed by atoms with Crippen molar-refractivity contribution in [1.29, 1.82) is 5.26 Å². The monoisotopic (exact) mass is 533 g/mol. The summed E-state index contributed by atoms with van der Waals surface area (Å²) in [7, 11) is 1.54. The molecule has 1 aliphatic rings. The molecule has 1 aromatic heterocycles. The van der Waals surface area contributed by atoms with Crippen LogP contribution in [0.25, 0.3) is 22.4 Å². The zero-order valence-electron chi connectivity index (χ0n) is 21.8. The van der Waals surface area contributed by atoms with Crippen molar-refractivity contribution in [3.05, 3.63) is 95.6 Å². The van der Waals surface area contributed by atoms with Crippen molar-refractivity contribution < 1.29 is 19.4 Å². The Hall–Kier alpha value is -5.20. The van der Waals surface area contributed by atoms with E-state index in [1.165, 1.54) is 13.2 Å². The van der Waals surface area contributed by atoms with Gasteiger partial charge < -0.3 is 25.8 Å². The molecule has 1 unspecified atom stereocenters. The number of carbonyl (C=O) groups excluding carboxylic acids is 2. The molecular formula is C31H27N5O4. The first-order valence-corrected chi connectivity index (χ1v) is 12.8. The second-order valence-corrected chi connectivity index (χ2v) is 9.33. The van der Waals surface area contributed by atoms with Gasteiger partial charge >= 0.3 is 0 Å². The fourth-order valence-corrected chi connectivity index (χ4v) is 4.60. The van der Waals surface area contributed by atoms with Crippen LogP contribution in [0.2, 0.25) is 0 Å². The van der Waals surface area contributed by atoms with Crippen LogP contribution in [0.4, 0.5) is 5.82 Å². The Kier molecular flexibility index (Phi) is 7.71. The summed E-state index contributed by atoms with van der Waals surface area (Å²) in [6.45, 7) is 1.57. The Labute approximate surface area is 231 Å². The minimum absolute atomic E-state index is 0.00334. The maximum Gasteiger partial charge on any atom is 0.256 e. The van der Waals surface area contributed by atoms with Crippen LogP contribution in [0.3, 0.4) is 0 Å². The van der Waals surface area contributed by atoms with Gasteiger partial charge in [-0.25, -0.2) is 4.98 Å². The summed E-state index contributed by atoms with van der Waals surface area (Å²) >= 11 is 0. The molecule has 0 aliphatic carbocycles. The molecule has 2 heterocycles. The second kappa shape index (κ2) is 11.7. The third-order valence-corrected chi connectivity index (χ3v) is 6.73. The molecule has 0 saturated carbocycles. The van der Waals surface area contributed by atoms with Gasteiger partial charge in [-0.05, 0) is 73.1 Å². The minimum Gasteiger partial charge on any atom is -0.507 e. The van der Waals surface area contributed by atoms with Gasteiger partial charge in [0.05, 0.1) is 12.8 Å².